The minimum atomic E-state index is -0.265. The van der Waals surface area contributed by atoms with Crippen molar-refractivity contribution in [1.82, 2.24) is 0 Å². The van der Waals surface area contributed by atoms with Gasteiger partial charge in [-0.3, -0.25) is 0 Å². The fourth-order valence-electron chi connectivity index (χ4n) is 0.844. The third kappa shape index (κ3) is 1.81. The Morgan fingerprint density at radius 2 is 2.30 bits per heavy atom. The molecular formula is C8H12N2. The number of allylic oxidation sites excluding steroid dienone is 2. The third-order valence-electron chi connectivity index (χ3n) is 1.50. The van der Waals surface area contributed by atoms with E-state index in [-0.39, 0.29) is 5.54 Å². The van der Waals surface area contributed by atoms with E-state index in [1.807, 2.05) is 19.1 Å². The van der Waals surface area contributed by atoms with E-state index >= 15 is 0 Å². The van der Waals surface area contributed by atoms with Crippen molar-refractivity contribution in [1.29, 1.82) is 5.41 Å². The summed E-state index contributed by atoms with van der Waals surface area (Å²) in [5, 5.41) is 7.28. The summed E-state index contributed by atoms with van der Waals surface area (Å²) in [7, 11) is 0. The molecule has 1 unspecified atom stereocenters. The van der Waals surface area contributed by atoms with Crippen LogP contribution >= 0.6 is 0 Å². The average Bonchev–Trinajstić information content (AvgIpc) is 1.94. The number of hydrogen-bond donors (Lipinski definition) is 2. The summed E-state index contributed by atoms with van der Waals surface area (Å²) in [6.07, 6.45) is 8.13. The van der Waals surface area contributed by atoms with Crippen molar-refractivity contribution in [2.75, 3.05) is 0 Å². The SMILES string of the molecule is CC1(N)C=CC(=N)C=CC1. The van der Waals surface area contributed by atoms with Gasteiger partial charge in [-0.15, -0.1) is 0 Å². The molecule has 0 aliphatic heterocycles. The molecule has 10 heavy (non-hydrogen) atoms. The molecule has 0 aromatic rings. The van der Waals surface area contributed by atoms with E-state index in [4.69, 9.17) is 11.1 Å². The first kappa shape index (κ1) is 7.22. The minimum Gasteiger partial charge on any atom is -0.322 e. The summed E-state index contributed by atoms with van der Waals surface area (Å²) in [5.74, 6) is 0. The Morgan fingerprint density at radius 3 is 3.00 bits per heavy atom. The van der Waals surface area contributed by atoms with Gasteiger partial charge in [0, 0.05) is 5.54 Å². The van der Waals surface area contributed by atoms with E-state index in [9.17, 15) is 0 Å². The van der Waals surface area contributed by atoms with Crippen LogP contribution in [0.3, 0.4) is 0 Å². The zero-order valence-electron chi connectivity index (χ0n) is 6.09. The van der Waals surface area contributed by atoms with Gasteiger partial charge < -0.3 is 11.1 Å². The summed E-state index contributed by atoms with van der Waals surface area (Å²) < 4.78 is 0. The molecule has 0 fully saturated rings. The molecule has 0 saturated carbocycles. The molecule has 0 saturated heterocycles. The van der Waals surface area contributed by atoms with Crippen molar-refractivity contribution < 1.29 is 0 Å². The van der Waals surface area contributed by atoms with Crippen molar-refractivity contribution in [2.24, 2.45) is 5.73 Å². The van der Waals surface area contributed by atoms with Crippen LogP contribution in [0.1, 0.15) is 13.3 Å². The van der Waals surface area contributed by atoms with Crippen molar-refractivity contribution in [3.63, 3.8) is 0 Å². The first-order valence-electron chi connectivity index (χ1n) is 3.33. The number of nitrogens with one attached hydrogen (secondary N) is 1. The maximum atomic E-state index is 7.28. The Balaban J connectivity index is 2.82. The van der Waals surface area contributed by atoms with Gasteiger partial charge in [0.25, 0.3) is 0 Å². The van der Waals surface area contributed by atoms with Gasteiger partial charge in [0.05, 0.1) is 5.71 Å². The van der Waals surface area contributed by atoms with Gasteiger partial charge in [-0.2, -0.15) is 0 Å². The largest absolute Gasteiger partial charge is 0.322 e. The van der Waals surface area contributed by atoms with E-state index in [0.29, 0.717) is 5.71 Å². The highest BCUT2D eigenvalue weighted by Gasteiger charge is 2.13. The normalized spacial score (nSPS) is 32.4. The van der Waals surface area contributed by atoms with Crippen molar-refractivity contribution in [3.8, 4) is 0 Å². The highest BCUT2D eigenvalue weighted by molar-refractivity contribution is 6.01. The molecule has 1 aliphatic carbocycles. The van der Waals surface area contributed by atoms with Crippen molar-refractivity contribution in [2.45, 2.75) is 18.9 Å². The Labute approximate surface area is 60.9 Å². The summed E-state index contributed by atoms with van der Waals surface area (Å²) >= 11 is 0. The van der Waals surface area contributed by atoms with Crippen LogP contribution in [0.4, 0.5) is 0 Å². The molecule has 0 heterocycles. The second-order valence-corrected chi connectivity index (χ2v) is 2.90. The molecule has 1 aliphatic rings. The molecule has 0 bridgehead atoms. The number of rotatable bonds is 0. The maximum Gasteiger partial charge on any atom is 0.0534 e. The molecule has 0 amide bonds. The predicted molar refractivity (Wildman–Crippen MR) is 43.2 cm³/mol. The third-order valence-corrected chi connectivity index (χ3v) is 1.50. The summed E-state index contributed by atoms with van der Waals surface area (Å²) in [6.45, 7) is 1.95. The van der Waals surface area contributed by atoms with E-state index in [1.165, 1.54) is 0 Å². The first-order chi connectivity index (χ1) is 4.60. The van der Waals surface area contributed by atoms with Crippen LogP contribution in [0.2, 0.25) is 0 Å². The standard InChI is InChI=1S/C8H12N2/c1-8(10)5-2-3-7(9)4-6-8/h2-4,6,9H,5,10H2,1H3. The lowest BCUT2D eigenvalue weighted by atomic mass is 10.0. The summed E-state index contributed by atoms with van der Waals surface area (Å²) in [5.41, 5.74) is 6.06. The lowest BCUT2D eigenvalue weighted by Crippen LogP contribution is -2.32. The molecule has 0 aromatic carbocycles. The molecule has 54 valence electrons. The van der Waals surface area contributed by atoms with Crippen LogP contribution in [0.5, 0.6) is 0 Å². The van der Waals surface area contributed by atoms with Gasteiger partial charge in [-0.05, 0) is 25.5 Å². The van der Waals surface area contributed by atoms with Crippen LogP contribution in [-0.2, 0) is 0 Å². The van der Waals surface area contributed by atoms with Gasteiger partial charge in [0.2, 0.25) is 0 Å². The molecule has 0 aromatic heterocycles. The number of nitrogens with two attached hydrogens (primary N) is 1. The highest BCUT2D eigenvalue weighted by Crippen LogP contribution is 2.11. The molecule has 0 radical (unpaired) electrons. The van der Waals surface area contributed by atoms with Crippen molar-refractivity contribution in [3.05, 3.63) is 24.3 Å². The maximum absolute atomic E-state index is 7.28. The van der Waals surface area contributed by atoms with Crippen LogP contribution in [0.15, 0.2) is 24.3 Å². The number of hydrogen-bond acceptors (Lipinski definition) is 2. The molecular weight excluding hydrogens is 124 g/mol. The fourth-order valence-corrected chi connectivity index (χ4v) is 0.844. The topological polar surface area (TPSA) is 49.9 Å². The lowest BCUT2D eigenvalue weighted by molar-refractivity contribution is 0.596. The Bertz CT molecular complexity index is 199. The van der Waals surface area contributed by atoms with Crippen LogP contribution in [0, 0.1) is 5.41 Å². The first-order valence-corrected chi connectivity index (χ1v) is 3.33. The molecule has 3 N–H and O–H groups in total. The Morgan fingerprint density at radius 1 is 1.60 bits per heavy atom. The quantitative estimate of drug-likeness (QED) is 0.517. The second kappa shape index (κ2) is 2.39. The van der Waals surface area contributed by atoms with Gasteiger partial charge in [0.15, 0.2) is 0 Å². The Hall–Kier alpha value is -0.890. The minimum absolute atomic E-state index is 0.265. The molecule has 1 rings (SSSR count). The zero-order chi connectivity index (χ0) is 7.61. The van der Waals surface area contributed by atoms with Gasteiger partial charge in [0.1, 0.15) is 0 Å². The lowest BCUT2D eigenvalue weighted by Gasteiger charge is -2.15. The van der Waals surface area contributed by atoms with E-state index in [1.54, 1.807) is 12.2 Å². The van der Waals surface area contributed by atoms with Crippen LogP contribution < -0.4 is 5.73 Å². The molecule has 2 nitrogen and oxygen atoms in total. The monoisotopic (exact) mass is 136 g/mol. The van der Waals surface area contributed by atoms with E-state index in [0.717, 1.165) is 6.42 Å². The summed E-state index contributed by atoms with van der Waals surface area (Å²) in [6, 6.07) is 0. The van der Waals surface area contributed by atoms with Gasteiger partial charge >= 0.3 is 0 Å². The smallest absolute Gasteiger partial charge is 0.0534 e. The molecule has 0 spiro atoms. The van der Waals surface area contributed by atoms with E-state index in [2.05, 4.69) is 0 Å². The Kier molecular flexibility index (Phi) is 1.72. The van der Waals surface area contributed by atoms with Crippen LogP contribution in [-0.4, -0.2) is 11.3 Å². The zero-order valence-corrected chi connectivity index (χ0v) is 6.09. The van der Waals surface area contributed by atoms with E-state index < -0.39 is 0 Å². The predicted octanol–water partition coefficient (Wildman–Crippen LogP) is 1.24. The fraction of sp³-hybridized carbons (Fsp3) is 0.375. The average molecular weight is 136 g/mol. The molecule has 2 heteroatoms. The van der Waals surface area contributed by atoms with Gasteiger partial charge in [-0.25, -0.2) is 0 Å². The van der Waals surface area contributed by atoms with Gasteiger partial charge in [-0.1, -0.05) is 12.2 Å². The highest BCUT2D eigenvalue weighted by atomic mass is 14.7. The molecule has 1 atom stereocenters. The summed E-state index contributed by atoms with van der Waals surface area (Å²) in [4.78, 5) is 0. The van der Waals surface area contributed by atoms with Crippen LogP contribution in [0.25, 0.3) is 0 Å². The van der Waals surface area contributed by atoms with Crippen molar-refractivity contribution >= 4 is 5.71 Å². The second-order valence-electron chi connectivity index (χ2n) is 2.90.